The minimum atomic E-state index is -4.05. The number of nitrogens with zero attached hydrogens (tertiary/aromatic N) is 3. The maximum absolute atomic E-state index is 14.2. The number of thiophene rings is 1. The van der Waals surface area contributed by atoms with Gasteiger partial charge < -0.3 is 0 Å². The summed E-state index contributed by atoms with van der Waals surface area (Å²) in [6, 6.07) is 6.33. The molecule has 0 spiro atoms. The third-order valence-electron chi connectivity index (χ3n) is 3.33. The van der Waals surface area contributed by atoms with Gasteiger partial charge in [-0.25, -0.2) is 17.2 Å². The molecule has 0 atom stereocenters. The van der Waals surface area contributed by atoms with Crippen molar-refractivity contribution in [2.45, 2.75) is 11.4 Å². The first-order chi connectivity index (χ1) is 11.4. The number of sulfonamides is 1. The zero-order valence-electron chi connectivity index (χ0n) is 12.6. The first-order valence-electron chi connectivity index (χ1n) is 6.87. The van der Waals surface area contributed by atoms with Gasteiger partial charge in [0.1, 0.15) is 16.5 Å². The van der Waals surface area contributed by atoms with Crippen LogP contribution in [0.25, 0.3) is 0 Å². The molecule has 0 N–H and O–H groups in total. The van der Waals surface area contributed by atoms with E-state index in [4.69, 9.17) is 0 Å². The predicted molar refractivity (Wildman–Crippen MR) is 87.3 cm³/mol. The fourth-order valence-corrected chi connectivity index (χ4v) is 4.40. The van der Waals surface area contributed by atoms with Gasteiger partial charge in [-0.3, -0.25) is 8.99 Å². The molecule has 3 aromatic rings. The van der Waals surface area contributed by atoms with Gasteiger partial charge in [-0.1, -0.05) is 6.07 Å². The lowest BCUT2D eigenvalue weighted by molar-refractivity contribution is 0.573. The van der Waals surface area contributed by atoms with Crippen molar-refractivity contribution in [3.05, 3.63) is 64.6 Å². The fourth-order valence-electron chi connectivity index (χ4n) is 2.19. The number of hydrogen-bond donors (Lipinski definition) is 0. The number of aromatic nitrogens is 2. The van der Waals surface area contributed by atoms with Crippen molar-refractivity contribution in [3.8, 4) is 0 Å². The Bertz CT molecular complexity index is 953. The van der Waals surface area contributed by atoms with Crippen molar-refractivity contribution in [3.63, 3.8) is 0 Å². The highest BCUT2D eigenvalue weighted by atomic mass is 32.2. The van der Waals surface area contributed by atoms with E-state index in [1.54, 1.807) is 24.6 Å². The SMILES string of the molecule is Cn1cc(S(=O)(=O)N(Cc2cccs2)c2ccc(F)cc2F)cn1. The lowest BCUT2D eigenvalue weighted by Crippen LogP contribution is -2.31. The van der Waals surface area contributed by atoms with Crippen LogP contribution in [-0.4, -0.2) is 18.2 Å². The summed E-state index contributed by atoms with van der Waals surface area (Å²) >= 11 is 1.35. The molecular formula is C15H13F2N3O2S2. The van der Waals surface area contributed by atoms with E-state index in [0.29, 0.717) is 6.07 Å². The lowest BCUT2D eigenvalue weighted by atomic mass is 10.3. The molecule has 0 amide bonds. The molecule has 0 saturated heterocycles. The van der Waals surface area contributed by atoms with E-state index in [1.165, 1.54) is 28.4 Å². The molecule has 126 valence electrons. The smallest absolute Gasteiger partial charge is 0.267 e. The van der Waals surface area contributed by atoms with E-state index in [9.17, 15) is 17.2 Å². The summed E-state index contributed by atoms with van der Waals surface area (Å²) in [7, 11) is -2.47. The van der Waals surface area contributed by atoms with E-state index in [-0.39, 0.29) is 17.1 Å². The zero-order chi connectivity index (χ0) is 17.3. The van der Waals surface area contributed by atoms with Crippen LogP contribution in [0, 0.1) is 11.6 Å². The Kier molecular flexibility index (Phi) is 4.37. The molecule has 0 unspecified atom stereocenters. The average molecular weight is 369 g/mol. The third kappa shape index (κ3) is 3.17. The Balaban J connectivity index is 2.11. The molecule has 1 aromatic carbocycles. The monoisotopic (exact) mass is 369 g/mol. The van der Waals surface area contributed by atoms with E-state index in [2.05, 4.69) is 5.10 Å². The van der Waals surface area contributed by atoms with Gasteiger partial charge in [-0.2, -0.15) is 5.10 Å². The van der Waals surface area contributed by atoms with Crippen LogP contribution in [0.1, 0.15) is 4.88 Å². The van der Waals surface area contributed by atoms with Crippen LogP contribution >= 0.6 is 11.3 Å². The third-order valence-corrected chi connectivity index (χ3v) is 5.90. The molecule has 0 saturated carbocycles. The highest BCUT2D eigenvalue weighted by Crippen LogP contribution is 2.29. The van der Waals surface area contributed by atoms with Crippen LogP contribution in [0.15, 0.2) is 53.0 Å². The number of benzene rings is 1. The van der Waals surface area contributed by atoms with Crippen molar-refractivity contribution in [2.75, 3.05) is 4.31 Å². The lowest BCUT2D eigenvalue weighted by Gasteiger charge is -2.23. The topological polar surface area (TPSA) is 55.2 Å². The van der Waals surface area contributed by atoms with Crippen LogP contribution in [0.2, 0.25) is 0 Å². The number of hydrogen-bond acceptors (Lipinski definition) is 4. The summed E-state index contributed by atoms with van der Waals surface area (Å²) in [6.07, 6.45) is 2.52. The van der Waals surface area contributed by atoms with Crippen LogP contribution in [-0.2, 0) is 23.6 Å². The van der Waals surface area contributed by atoms with Gasteiger partial charge in [0.2, 0.25) is 0 Å². The predicted octanol–water partition coefficient (Wildman–Crippen LogP) is 3.16. The molecule has 2 heterocycles. The summed E-state index contributed by atoms with van der Waals surface area (Å²) in [5, 5.41) is 5.65. The highest BCUT2D eigenvalue weighted by molar-refractivity contribution is 7.92. The van der Waals surface area contributed by atoms with E-state index < -0.39 is 21.7 Å². The number of halogens is 2. The molecule has 3 rings (SSSR count). The summed E-state index contributed by atoms with van der Waals surface area (Å²) < 4.78 is 55.5. The van der Waals surface area contributed by atoms with Gasteiger partial charge in [-0.15, -0.1) is 11.3 Å². The summed E-state index contributed by atoms with van der Waals surface area (Å²) in [4.78, 5) is 0.663. The van der Waals surface area contributed by atoms with Crippen LogP contribution in [0.3, 0.4) is 0 Å². The number of anilines is 1. The average Bonchev–Trinajstić information content (AvgIpc) is 3.17. The van der Waals surface area contributed by atoms with Gasteiger partial charge in [0.05, 0.1) is 18.4 Å². The Labute approximate surface area is 141 Å². The fraction of sp³-hybridized carbons (Fsp3) is 0.133. The Morgan fingerprint density at radius 1 is 1.29 bits per heavy atom. The van der Waals surface area contributed by atoms with Gasteiger partial charge in [0.25, 0.3) is 10.0 Å². The van der Waals surface area contributed by atoms with E-state index in [1.807, 2.05) is 0 Å². The second-order valence-electron chi connectivity index (χ2n) is 5.04. The molecule has 0 aliphatic heterocycles. The maximum atomic E-state index is 14.2. The van der Waals surface area contributed by atoms with Crippen LogP contribution < -0.4 is 4.31 Å². The number of aryl methyl sites for hydroxylation is 1. The van der Waals surface area contributed by atoms with E-state index in [0.717, 1.165) is 21.3 Å². The maximum Gasteiger partial charge on any atom is 0.267 e. The van der Waals surface area contributed by atoms with E-state index >= 15 is 0 Å². The molecular weight excluding hydrogens is 356 g/mol. The van der Waals surface area contributed by atoms with Crippen molar-refractivity contribution >= 4 is 27.0 Å². The quantitative estimate of drug-likeness (QED) is 0.694. The molecule has 5 nitrogen and oxygen atoms in total. The second kappa shape index (κ2) is 6.33. The largest absolute Gasteiger partial charge is 0.274 e. The first-order valence-corrected chi connectivity index (χ1v) is 9.19. The molecule has 2 aromatic heterocycles. The second-order valence-corrected chi connectivity index (χ2v) is 7.93. The van der Waals surface area contributed by atoms with Gasteiger partial charge in [-0.05, 0) is 23.6 Å². The molecule has 0 aliphatic carbocycles. The zero-order valence-corrected chi connectivity index (χ0v) is 14.2. The molecule has 0 aliphatic rings. The van der Waals surface area contributed by atoms with Crippen molar-refractivity contribution in [1.29, 1.82) is 0 Å². The number of rotatable bonds is 5. The Morgan fingerprint density at radius 3 is 2.67 bits per heavy atom. The van der Waals surface area contributed by atoms with Crippen LogP contribution in [0.4, 0.5) is 14.5 Å². The molecule has 9 heteroatoms. The minimum absolute atomic E-state index is 0.0581. The highest BCUT2D eigenvalue weighted by Gasteiger charge is 2.29. The summed E-state index contributed by atoms with van der Waals surface area (Å²) in [5.74, 6) is -1.72. The Hall–Kier alpha value is -2.26. The molecule has 0 radical (unpaired) electrons. The summed E-state index contributed by atoms with van der Waals surface area (Å²) in [6.45, 7) is -0.0581. The van der Waals surface area contributed by atoms with Crippen molar-refractivity contribution in [1.82, 2.24) is 9.78 Å². The standard InChI is InChI=1S/C15H13F2N3O2S2/c1-19-10-13(8-18-19)24(21,22)20(9-12-3-2-6-23-12)15-5-4-11(16)7-14(15)17/h2-8,10H,9H2,1H3. The Morgan fingerprint density at radius 2 is 2.08 bits per heavy atom. The van der Waals surface area contributed by atoms with Crippen molar-refractivity contribution < 1.29 is 17.2 Å². The minimum Gasteiger partial charge on any atom is -0.274 e. The van der Waals surface area contributed by atoms with Crippen LogP contribution in [0.5, 0.6) is 0 Å². The van der Waals surface area contributed by atoms with Gasteiger partial charge in [0, 0.05) is 24.2 Å². The van der Waals surface area contributed by atoms with Gasteiger partial charge in [0.15, 0.2) is 0 Å². The molecule has 0 bridgehead atoms. The van der Waals surface area contributed by atoms with Gasteiger partial charge >= 0.3 is 0 Å². The van der Waals surface area contributed by atoms with Crippen molar-refractivity contribution in [2.24, 2.45) is 7.05 Å². The normalized spacial score (nSPS) is 11.6. The summed E-state index contributed by atoms with van der Waals surface area (Å²) in [5.41, 5.74) is -0.214. The molecule has 0 fully saturated rings. The first kappa shape index (κ1) is 16.6. The molecule has 24 heavy (non-hydrogen) atoms.